The van der Waals surface area contributed by atoms with Crippen molar-refractivity contribution in [3.05, 3.63) is 63.1 Å². The van der Waals surface area contributed by atoms with Crippen molar-refractivity contribution in [1.29, 1.82) is 0 Å². The highest BCUT2D eigenvalue weighted by molar-refractivity contribution is 7.80. The fourth-order valence-corrected chi connectivity index (χ4v) is 2.27. The Labute approximate surface area is 142 Å². The van der Waals surface area contributed by atoms with Gasteiger partial charge in [0, 0.05) is 16.3 Å². The third-order valence-electron chi connectivity index (χ3n) is 2.46. The van der Waals surface area contributed by atoms with Gasteiger partial charge in [-0.25, -0.2) is 0 Å². The molecular formula is C14H10Cl3N3S. The van der Waals surface area contributed by atoms with Crippen molar-refractivity contribution < 1.29 is 0 Å². The summed E-state index contributed by atoms with van der Waals surface area (Å²) in [6.07, 6.45) is 1.51. The smallest absolute Gasteiger partial charge is 0.191 e. The molecule has 21 heavy (non-hydrogen) atoms. The van der Waals surface area contributed by atoms with Crippen LogP contribution in [0.4, 0.5) is 5.69 Å². The molecule has 0 fully saturated rings. The first-order chi connectivity index (χ1) is 10.1. The summed E-state index contributed by atoms with van der Waals surface area (Å²) >= 11 is 23.0. The third kappa shape index (κ3) is 4.86. The van der Waals surface area contributed by atoms with Crippen LogP contribution in [0.25, 0.3) is 0 Å². The summed E-state index contributed by atoms with van der Waals surface area (Å²) < 4.78 is 0. The molecular weight excluding hydrogens is 349 g/mol. The van der Waals surface area contributed by atoms with E-state index in [0.29, 0.717) is 25.7 Å². The Kier molecular flexibility index (Phi) is 5.82. The van der Waals surface area contributed by atoms with E-state index in [1.165, 1.54) is 6.21 Å². The molecule has 0 atom stereocenters. The predicted octanol–water partition coefficient (Wildman–Crippen LogP) is 4.97. The summed E-state index contributed by atoms with van der Waals surface area (Å²) in [6.45, 7) is 0. The lowest BCUT2D eigenvalue weighted by Gasteiger charge is -2.07. The van der Waals surface area contributed by atoms with E-state index in [1.54, 1.807) is 30.3 Å². The first kappa shape index (κ1) is 16.0. The van der Waals surface area contributed by atoms with Gasteiger partial charge in [-0.1, -0.05) is 40.9 Å². The van der Waals surface area contributed by atoms with Crippen molar-refractivity contribution >= 4 is 64.0 Å². The van der Waals surface area contributed by atoms with Crippen LogP contribution in [-0.2, 0) is 0 Å². The number of anilines is 1. The zero-order valence-electron chi connectivity index (χ0n) is 10.6. The molecule has 2 aromatic rings. The van der Waals surface area contributed by atoms with Gasteiger partial charge in [-0.2, -0.15) is 5.10 Å². The number of hydrogen-bond donors (Lipinski definition) is 2. The SMILES string of the molecule is S=C(N/N=C/c1c(Cl)cccc1Cl)Nc1ccc(Cl)cc1. The van der Waals surface area contributed by atoms with Gasteiger partial charge in [0.15, 0.2) is 5.11 Å². The van der Waals surface area contributed by atoms with E-state index in [1.807, 2.05) is 12.1 Å². The Balaban J connectivity index is 1.95. The Morgan fingerprint density at radius 2 is 1.62 bits per heavy atom. The molecule has 0 aliphatic carbocycles. The van der Waals surface area contributed by atoms with Gasteiger partial charge in [0.05, 0.1) is 16.3 Å². The summed E-state index contributed by atoms with van der Waals surface area (Å²) in [5.41, 5.74) is 4.12. The predicted molar refractivity (Wildman–Crippen MR) is 94.9 cm³/mol. The second-order valence-electron chi connectivity index (χ2n) is 3.97. The molecule has 3 nitrogen and oxygen atoms in total. The maximum absolute atomic E-state index is 6.02. The van der Waals surface area contributed by atoms with E-state index in [2.05, 4.69) is 15.8 Å². The lowest BCUT2D eigenvalue weighted by Crippen LogP contribution is -2.23. The van der Waals surface area contributed by atoms with Crippen LogP contribution in [0.15, 0.2) is 47.6 Å². The van der Waals surface area contributed by atoms with Crippen LogP contribution in [-0.4, -0.2) is 11.3 Å². The van der Waals surface area contributed by atoms with E-state index in [4.69, 9.17) is 47.0 Å². The molecule has 0 aliphatic heterocycles. The molecule has 0 aliphatic rings. The van der Waals surface area contributed by atoms with Gasteiger partial charge in [-0.15, -0.1) is 0 Å². The highest BCUT2D eigenvalue weighted by atomic mass is 35.5. The van der Waals surface area contributed by atoms with Gasteiger partial charge in [-0.05, 0) is 48.6 Å². The fourth-order valence-electron chi connectivity index (χ4n) is 1.48. The molecule has 7 heteroatoms. The first-order valence-corrected chi connectivity index (χ1v) is 7.40. The van der Waals surface area contributed by atoms with Crippen molar-refractivity contribution in [1.82, 2.24) is 5.43 Å². The minimum atomic E-state index is 0.344. The minimum absolute atomic E-state index is 0.344. The highest BCUT2D eigenvalue weighted by Crippen LogP contribution is 2.22. The number of benzene rings is 2. The normalized spacial score (nSPS) is 10.6. The Hall–Kier alpha value is -1.33. The largest absolute Gasteiger partial charge is 0.331 e. The highest BCUT2D eigenvalue weighted by Gasteiger charge is 2.02. The number of hydrogen-bond acceptors (Lipinski definition) is 2. The van der Waals surface area contributed by atoms with Crippen molar-refractivity contribution in [2.45, 2.75) is 0 Å². The molecule has 0 amide bonds. The zero-order chi connectivity index (χ0) is 15.2. The van der Waals surface area contributed by atoms with Gasteiger partial charge in [0.1, 0.15) is 0 Å². The number of nitrogens with one attached hydrogen (secondary N) is 2. The second-order valence-corrected chi connectivity index (χ2v) is 5.63. The lowest BCUT2D eigenvalue weighted by molar-refractivity contribution is 1.05. The Morgan fingerprint density at radius 1 is 1.00 bits per heavy atom. The lowest BCUT2D eigenvalue weighted by atomic mass is 10.2. The fraction of sp³-hybridized carbons (Fsp3) is 0. The summed E-state index contributed by atoms with van der Waals surface area (Å²) in [5.74, 6) is 0. The van der Waals surface area contributed by atoms with E-state index in [0.717, 1.165) is 5.69 Å². The first-order valence-electron chi connectivity index (χ1n) is 5.86. The van der Waals surface area contributed by atoms with Crippen LogP contribution in [0.5, 0.6) is 0 Å². The number of thiocarbonyl (C=S) groups is 1. The summed E-state index contributed by atoms with van der Waals surface area (Å²) in [6, 6.07) is 12.4. The zero-order valence-corrected chi connectivity index (χ0v) is 13.7. The minimum Gasteiger partial charge on any atom is -0.331 e. The van der Waals surface area contributed by atoms with Crippen LogP contribution in [0.2, 0.25) is 15.1 Å². The maximum Gasteiger partial charge on any atom is 0.191 e. The molecule has 0 unspecified atom stereocenters. The van der Waals surface area contributed by atoms with Crippen molar-refractivity contribution in [3.8, 4) is 0 Å². The molecule has 0 spiro atoms. The van der Waals surface area contributed by atoms with Crippen LogP contribution in [0.3, 0.4) is 0 Å². The van der Waals surface area contributed by atoms with Gasteiger partial charge in [0.25, 0.3) is 0 Å². The average Bonchev–Trinajstić information content (AvgIpc) is 2.45. The third-order valence-corrected chi connectivity index (χ3v) is 3.57. The van der Waals surface area contributed by atoms with Gasteiger partial charge in [0.2, 0.25) is 0 Å². The van der Waals surface area contributed by atoms with Crippen molar-refractivity contribution in [3.63, 3.8) is 0 Å². The number of nitrogens with zero attached hydrogens (tertiary/aromatic N) is 1. The van der Waals surface area contributed by atoms with E-state index in [9.17, 15) is 0 Å². The second kappa shape index (κ2) is 7.61. The molecule has 2 N–H and O–H groups in total. The van der Waals surface area contributed by atoms with E-state index < -0.39 is 0 Å². The van der Waals surface area contributed by atoms with Crippen LogP contribution >= 0.6 is 47.0 Å². The number of rotatable bonds is 3. The topological polar surface area (TPSA) is 36.4 Å². The molecule has 0 saturated carbocycles. The van der Waals surface area contributed by atoms with Gasteiger partial charge < -0.3 is 5.32 Å². The van der Waals surface area contributed by atoms with Crippen molar-refractivity contribution in [2.75, 3.05) is 5.32 Å². The molecule has 2 rings (SSSR count). The number of halogens is 3. The summed E-state index contributed by atoms with van der Waals surface area (Å²) in [7, 11) is 0. The standard InChI is InChI=1S/C14H10Cl3N3S/c15-9-4-6-10(7-5-9)19-14(21)20-18-8-11-12(16)2-1-3-13(11)17/h1-8H,(H2,19,20,21)/b18-8+. The summed E-state index contributed by atoms with van der Waals surface area (Å²) in [5, 5.41) is 9.01. The van der Waals surface area contributed by atoms with Crippen LogP contribution < -0.4 is 10.7 Å². The van der Waals surface area contributed by atoms with Crippen LogP contribution in [0, 0.1) is 0 Å². The molecule has 0 bridgehead atoms. The van der Waals surface area contributed by atoms with E-state index >= 15 is 0 Å². The summed E-state index contributed by atoms with van der Waals surface area (Å²) in [4.78, 5) is 0. The Bertz CT molecular complexity index is 651. The van der Waals surface area contributed by atoms with Crippen LogP contribution in [0.1, 0.15) is 5.56 Å². The van der Waals surface area contributed by atoms with Gasteiger partial charge >= 0.3 is 0 Å². The number of hydrazone groups is 1. The van der Waals surface area contributed by atoms with Gasteiger partial charge in [-0.3, -0.25) is 5.43 Å². The maximum atomic E-state index is 6.02. The average molecular weight is 359 g/mol. The van der Waals surface area contributed by atoms with Crippen molar-refractivity contribution in [2.24, 2.45) is 5.10 Å². The van der Waals surface area contributed by atoms with E-state index in [-0.39, 0.29) is 0 Å². The quantitative estimate of drug-likeness (QED) is 0.462. The Morgan fingerprint density at radius 3 is 2.24 bits per heavy atom. The molecule has 0 aromatic heterocycles. The molecule has 0 saturated heterocycles. The molecule has 0 radical (unpaired) electrons. The molecule has 0 heterocycles. The molecule has 2 aromatic carbocycles. The molecule has 108 valence electrons. The monoisotopic (exact) mass is 357 g/mol.